The number of aryl methyl sites for hydroxylation is 1. The average Bonchev–Trinajstić information content (AvgIpc) is 2.74. The summed E-state index contributed by atoms with van der Waals surface area (Å²) in [5.74, 6) is 1.50. The lowest BCUT2D eigenvalue weighted by molar-refractivity contribution is 0.169. The Labute approximate surface area is 164 Å². The van der Waals surface area contributed by atoms with E-state index in [9.17, 15) is 4.39 Å². The lowest BCUT2D eigenvalue weighted by Crippen LogP contribution is -2.34. The van der Waals surface area contributed by atoms with Crippen molar-refractivity contribution in [3.63, 3.8) is 0 Å². The molecule has 1 aliphatic heterocycles. The van der Waals surface area contributed by atoms with Gasteiger partial charge in [0.2, 0.25) is 0 Å². The summed E-state index contributed by atoms with van der Waals surface area (Å²) >= 11 is 0. The predicted molar refractivity (Wildman–Crippen MR) is 107 cm³/mol. The van der Waals surface area contributed by atoms with Crippen molar-refractivity contribution in [2.24, 2.45) is 0 Å². The predicted octanol–water partition coefficient (Wildman–Crippen LogP) is 4.38. The van der Waals surface area contributed by atoms with Crippen LogP contribution in [0.5, 0.6) is 11.5 Å². The van der Waals surface area contributed by atoms with Crippen molar-refractivity contribution in [3.05, 3.63) is 77.9 Å². The monoisotopic (exact) mass is 378 g/mol. The summed E-state index contributed by atoms with van der Waals surface area (Å²) in [7, 11) is 1.66. The number of nitrogens with one attached hydrogen (secondary N) is 1. The van der Waals surface area contributed by atoms with E-state index in [2.05, 4.69) is 22.4 Å². The van der Waals surface area contributed by atoms with Gasteiger partial charge in [-0.1, -0.05) is 18.2 Å². The summed E-state index contributed by atoms with van der Waals surface area (Å²) in [5, 5.41) is 3.46. The van der Waals surface area contributed by atoms with E-state index >= 15 is 0 Å². The SMILES string of the molecule is COc1ccc2c(c1)OC(CNCc1cncc(-c3ccc(F)cc3)c1)CC2. The highest BCUT2D eigenvalue weighted by Gasteiger charge is 2.20. The first-order valence-electron chi connectivity index (χ1n) is 9.45. The number of benzene rings is 2. The Hall–Kier alpha value is -2.92. The topological polar surface area (TPSA) is 43.4 Å². The highest BCUT2D eigenvalue weighted by molar-refractivity contribution is 5.62. The zero-order valence-corrected chi connectivity index (χ0v) is 15.8. The van der Waals surface area contributed by atoms with Gasteiger partial charge in [-0.3, -0.25) is 4.98 Å². The first kappa shape index (κ1) is 18.4. The molecule has 0 bridgehead atoms. The van der Waals surface area contributed by atoms with Crippen molar-refractivity contribution in [1.29, 1.82) is 0 Å². The molecular weight excluding hydrogens is 355 g/mol. The van der Waals surface area contributed by atoms with Gasteiger partial charge < -0.3 is 14.8 Å². The van der Waals surface area contributed by atoms with Gasteiger partial charge in [-0.15, -0.1) is 0 Å². The van der Waals surface area contributed by atoms with Gasteiger partial charge in [0.1, 0.15) is 23.4 Å². The second-order valence-corrected chi connectivity index (χ2v) is 6.97. The Kier molecular flexibility index (Phi) is 5.53. The maximum absolute atomic E-state index is 13.1. The number of rotatable bonds is 6. The van der Waals surface area contributed by atoms with Crippen molar-refractivity contribution in [1.82, 2.24) is 10.3 Å². The Morgan fingerprint density at radius 3 is 2.79 bits per heavy atom. The third kappa shape index (κ3) is 4.31. The molecule has 1 unspecified atom stereocenters. The maximum Gasteiger partial charge on any atom is 0.126 e. The number of ether oxygens (including phenoxy) is 2. The van der Waals surface area contributed by atoms with Crippen molar-refractivity contribution >= 4 is 0 Å². The fourth-order valence-corrected chi connectivity index (χ4v) is 3.44. The van der Waals surface area contributed by atoms with Crippen molar-refractivity contribution < 1.29 is 13.9 Å². The molecule has 5 heteroatoms. The van der Waals surface area contributed by atoms with Crippen LogP contribution in [-0.4, -0.2) is 24.7 Å². The lowest BCUT2D eigenvalue weighted by Gasteiger charge is -2.26. The molecule has 0 saturated heterocycles. The zero-order chi connectivity index (χ0) is 19.3. The van der Waals surface area contributed by atoms with Crippen LogP contribution in [0, 0.1) is 5.82 Å². The van der Waals surface area contributed by atoms with Gasteiger partial charge in [0.05, 0.1) is 7.11 Å². The van der Waals surface area contributed by atoms with Gasteiger partial charge in [-0.25, -0.2) is 4.39 Å². The number of hydrogen-bond donors (Lipinski definition) is 1. The standard InChI is InChI=1S/C23H23FN2O2/c1-27-21-8-4-18-5-9-22(28-23(18)11-21)15-26-13-16-10-19(14-25-12-16)17-2-6-20(24)7-3-17/h2-4,6-8,10-12,14,22,26H,5,9,13,15H2,1H3. The van der Waals surface area contributed by atoms with Gasteiger partial charge in [0, 0.05) is 37.1 Å². The van der Waals surface area contributed by atoms with E-state index in [1.165, 1.54) is 17.7 Å². The minimum Gasteiger partial charge on any atom is -0.497 e. The molecule has 0 radical (unpaired) electrons. The van der Waals surface area contributed by atoms with E-state index in [4.69, 9.17) is 9.47 Å². The van der Waals surface area contributed by atoms with E-state index in [1.54, 1.807) is 25.4 Å². The van der Waals surface area contributed by atoms with Crippen LogP contribution in [-0.2, 0) is 13.0 Å². The third-order valence-electron chi connectivity index (χ3n) is 4.98. The summed E-state index contributed by atoms with van der Waals surface area (Å²) in [5.41, 5.74) is 4.25. The van der Waals surface area contributed by atoms with Crippen LogP contribution < -0.4 is 14.8 Å². The molecule has 2 aromatic carbocycles. The number of methoxy groups -OCH3 is 1. The highest BCUT2D eigenvalue weighted by atomic mass is 19.1. The van der Waals surface area contributed by atoms with Gasteiger partial charge in [-0.05, 0) is 53.8 Å². The first-order valence-corrected chi connectivity index (χ1v) is 9.45. The fraction of sp³-hybridized carbons (Fsp3) is 0.261. The second kappa shape index (κ2) is 8.40. The molecule has 4 rings (SSSR count). The Bertz CT molecular complexity index is 944. The number of hydrogen-bond acceptors (Lipinski definition) is 4. The second-order valence-electron chi connectivity index (χ2n) is 6.97. The molecule has 4 nitrogen and oxygen atoms in total. The molecule has 1 N–H and O–H groups in total. The molecule has 0 spiro atoms. The summed E-state index contributed by atoms with van der Waals surface area (Å²) in [4.78, 5) is 4.32. The van der Waals surface area contributed by atoms with Gasteiger partial charge in [-0.2, -0.15) is 0 Å². The maximum atomic E-state index is 13.1. The molecule has 0 aliphatic carbocycles. The fourth-order valence-electron chi connectivity index (χ4n) is 3.44. The normalized spacial score (nSPS) is 15.6. The van der Waals surface area contributed by atoms with E-state index < -0.39 is 0 Å². The van der Waals surface area contributed by atoms with Gasteiger partial charge in [0.15, 0.2) is 0 Å². The quantitative estimate of drug-likeness (QED) is 0.691. The van der Waals surface area contributed by atoms with Crippen molar-refractivity contribution in [2.75, 3.05) is 13.7 Å². The highest BCUT2D eigenvalue weighted by Crippen LogP contribution is 2.31. The van der Waals surface area contributed by atoms with Crippen LogP contribution in [0.15, 0.2) is 60.9 Å². The molecule has 0 fully saturated rings. The molecule has 3 aromatic rings. The van der Waals surface area contributed by atoms with E-state index in [0.29, 0.717) is 6.54 Å². The largest absolute Gasteiger partial charge is 0.497 e. The molecule has 0 saturated carbocycles. The lowest BCUT2D eigenvalue weighted by atomic mass is 10.0. The Balaban J connectivity index is 1.34. The average molecular weight is 378 g/mol. The smallest absolute Gasteiger partial charge is 0.126 e. The summed E-state index contributed by atoms with van der Waals surface area (Å²) in [6.07, 6.45) is 5.77. The van der Waals surface area contributed by atoms with Crippen molar-refractivity contribution in [2.45, 2.75) is 25.5 Å². The van der Waals surface area contributed by atoms with Crippen LogP contribution in [0.1, 0.15) is 17.5 Å². The summed E-state index contributed by atoms with van der Waals surface area (Å²) in [6, 6.07) is 14.6. The van der Waals surface area contributed by atoms with Crippen LogP contribution in [0.2, 0.25) is 0 Å². The minimum atomic E-state index is -0.235. The third-order valence-corrected chi connectivity index (χ3v) is 4.98. The number of aromatic nitrogens is 1. The van der Waals surface area contributed by atoms with Gasteiger partial charge in [0.25, 0.3) is 0 Å². The van der Waals surface area contributed by atoms with Crippen molar-refractivity contribution in [3.8, 4) is 22.6 Å². The summed E-state index contributed by atoms with van der Waals surface area (Å²) in [6.45, 7) is 1.46. The number of halogens is 1. The van der Waals surface area contributed by atoms with Crippen LogP contribution >= 0.6 is 0 Å². The Morgan fingerprint density at radius 1 is 1.11 bits per heavy atom. The number of fused-ring (bicyclic) bond motifs is 1. The van der Waals surface area contributed by atoms with Gasteiger partial charge >= 0.3 is 0 Å². The molecule has 2 heterocycles. The number of nitrogens with zero attached hydrogens (tertiary/aromatic N) is 1. The van der Waals surface area contributed by atoms with E-state index in [-0.39, 0.29) is 11.9 Å². The molecule has 1 atom stereocenters. The van der Waals surface area contributed by atoms with Crippen LogP contribution in [0.3, 0.4) is 0 Å². The molecule has 144 valence electrons. The van der Waals surface area contributed by atoms with Crippen LogP contribution in [0.4, 0.5) is 4.39 Å². The molecule has 1 aliphatic rings. The van der Waals surface area contributed by atoms with E-state index in [1.807, 2.05) is 18.3 Å². The minimum absolute atomic E-state index is 0.132. The first-order chi connectivity index (χ1) is 13.7. The molecule has 0 amide bonds. The van der Waals surface area contributed by atoms with E-state index in [0.717, 1.165) is 47.6 Å². The molecule has 28 heavy (non-hydrogen) atoms. The Morgan fingerprint density at radius 2 is 1.96 bits per heavy atom. The zero-order valence-electron chi connectivity index (χ0n) is 15.8. The summed E-state index contributed by atoms with van der Waals surface area (Å²) < 4.78 is 24.5. The molecular formula is C23H23FN2O2. The van der Waals surface area contributed by atoms with Crippen LogP contribution in [0.25, 0.3) is 11.1 Å². The molecule has 1 aromatic heterocycles. The number of pyridine rings is 1.